The second kappa shape index (κ2) is 10.8. The van der Waals surface area contributed by atoms with Gasteiger partial charge in [0, 0.05) is 31.1 Å². The molecule has 0 spiro atoms. The first-order valence-corrected chi connectivity index (χ1v) is 11.2. The van der Waals surface area contributed by atoms with E-state index in [1.807, 2.05) is 68.1 Å². The van der Waals surface area contributed by atoms with Crippen molar-refractivity contribution in [2.45, 2.75) is 45.6 Å². The number of carbonyl (C=O) groups is 2. The van der Waals surface area contributed by atoms with E-state index in [4.69, 9.17) is 4.74 Å². The van der Waals surface area contributed by atoms with Crippen LogP contribution in [0, 0.1) is 0 Å². The van der Waals surface area contributed by atoms with Crippen molar-refractivity contribution in [1.29, 1.82) is 0 Å². The van der Waals surface area contributed by atoms with Crippen LogP contribution in [0.1, 0.15) is 67.1 Å². The summed E-state index contributed by atoms with van der Waals surface area (Å²) >= 11 is 0. The first kappa shape index (κ1) is 22.7. The van der Waals surface area contributed by atoms with E-state index < -0.39 is 0 Å². The summed E-state index contributed by atoms with van der Waals surface area (Å²) in [6.07, 6.45) is 1.98. The van der Waals surface area contributed by atoms with Gasteiger partial charge in [0.25, 0.3) is 5.91 Å². The highest BCUT2D eigenvalue weighted by Crippen LogP contribution is 2.28. The second-order valence-corrected chi connectivity index (χ2v) is 7.94. The van der Waals surface area contributed by atoms with Crippen molar-refractivity contribution in [2.24, 2.45) is 0 Å². The summed E-state index contributed by atoms with van der Waals surface area (Å²) in [5.74, 6) is 0.971. The summed E-state index contributed by atoms with van der Waals surface area (Å²) in [6, 6.07) is 15.5. The molecule has 1 aliphatic heterocycles. The molecule has 166 valence electrons. The Balaban J connectivity index is 1.65. The number of hydrogen-bond acceptors (Lipinski definition) is 3. The Hall–Kier alpha value is -3.02. The fourth-order valence-corrected chi connectivity index (χ4v) is 4.01. The smallest absolute Gasteiger partial charge is 0.317 e. The van der Waals surface area contributed by atoms with Crippen LogP contribution in [-0.4, -0.2) is 43.1 Å². The Bertz CT molecular complexity index is 882. The molecule has 0 bridgehead atoms. The van der Waals surface area contributed by atoms with Crippen LogP contribution in [0.25, 0.3) is 0 Å². The molecule has 0 saturated carbocycles. The Morgan fingerprint density at radius 1 is 1.16 bits per heavy atom. The van der Waals surface area contributed by atoms with Gasteiger partial charge in [-0.1, -0.05) is 24.3 Å². The third-order valence-corrected chi connectivity index (χ3v) is 5.70. The van der Waals surface area contributed by atoms with Crippen molar-refractivity contribution in [3.05, 3.63) is 65.2 Å². The minimum absolute atomic E-state index is 0.00900. The molecule has 31 heavy (non-hydrogen) atoms. The van der Waals surface area contributed by atoms with Gasteiger partial charge in [0.1, 0.15) is 5.75 Å². The Labute approximate surface area is 185 Å². The number of ether oxygens (including phenoxy) is 1. The van der Waals surface area contributed by atoms with Gasteiger partial charge in [-0.3, -0.25) is 4.79 Å². The molecule has 1 fully saturated rings. The summed E-state index contributed by atoms with van der Waals surface area (Å²) in [5.41, 5.74) is 2.78. The fraction of sp³-hybridized carbons (Fsp3) is 0.440. The quantitative estimate of drug-likeness (QED) is 0.690. The van der Waals surface area contributed by atoms with E-state index in [-0.39, 0.29) is 23.9 Å². The molecule has 2 N–H and O–H groups in total. The van der Waals surface area contributed by atoms with E-state index in [0.29, 0.717) is 25.3 Å². The summed E-state index contributed by atoms with van der Waals surface area (Å²) in [4.78, 5) is 27.0. The zero-order chi connectivity index (χ0) is 22.2. The van der Waals surface area contributed by atoms with Crippen LogP contribution < -0.4 is 15.4 Å². The zero-order valence-electron chi connectivity index (χ0n) is 18.7. The van der Waals surface area contributed by atoms with Crippen LogP contribution in [0.3, 0.4) is 0 Å². The molecule has 0 radical (unpaired) electrons. The topological polar surface area (TPSA) is 70.7 Å². The lowest BCUT2D eigenvalue weighted by Gasteiger charge is -2.33. The predicted molar refractivity (Wildman–Crippen MR) is 123 cm³/mol. The number of amides is 3. The summed E-state index contributed by atoms with van der Waals surface area (Å²) < 4.78 is 5.48. The molecule has 0 unspecified atom stereocenters. The van der Waals surface area contributed by atoms with Gasteiger partial charge in [-0.05, 0) is 69.0 Å². The monoisotopic (exact) mass is 423 g/mol. The maximum Gasteiger partial charge on any atom is 0.317 e. The maximum absolute atomic E-state index is 12.9. The van der Waals surface area contributed by atoms with Crippen LogP contribution in [0.2, 0.25) is 0 Å². The molecule has 0 aliphatic carbocycles. The number of nitrogens with one attached hydrogen (secondary N) is 2. The Morgan fingerprint density at radius 2 is 1.94 bits per heavy atom. The molecule has 3 rings (SSSR count). The minimum atomic E-state index is -0.116. The molecule has 1 heterocycles. The Morgan fingerprint density at radius 3 is 2.65 bits per heavy atom. The van der Waals surface area contributed by atoms with Crippen LogP contribution in [-0.2, 0) is 0 Å². The van der Waals surface area contributed by atoms with E-state index >= 15 is 0 Å². The number of carbonyl (C=O) groups excluding carboxylic acids is 2. The van der Waals surface area contributed by atoms with Gasteiger partial charge in [0.05, 0.1) is 12.6 Å². The number of urea groups is 1. The van der Waals surface area contributed by atoms with Crippen LogP contribution in [0.5, 0.6) is 5.75 Å². The average Bonchev–Trinajstić information content (AvgIpc) is 2.80. The number of nitrogens with zero attached hydrogens (tertiary/aromatic N) is 1. The first-order chi connectivity index (χ1) is 15.0. The Kier molecular flexibility index (Phi) is 7.93. The summed E-state index contributed by atoms with van der Waals surface area (Å²) in [5, 5.41) is 5.96. The van der Waals surface area contributed by atoms with Crippen molar-refractivity contribution in [3.8, 4) is 5.75 Å². The standard InChI is InChI=1S/C25H33N3O3/c1-4-26-25(30)28-15-7-10-22(17-28)20-8-6-9-21(16-20)24(29)27-18(3)19-11-13-23(14-12-19)31-5-2/h6,8-9,11-14,16,18,22H,4-5,7,10,15,17H2,1-3H3,(H,26,30)(H,27,29)/t18-,22+/m1/s1. The van der Waals surface area contributed by atoms with E-state index in [1.165, 1.54) is 0 Å². The molecule has 6 heteroatoms. The van der Waals surface area contributed by atoms with Gasteiger partial charge in [-0.2, -0.15) is 0 Å². The van der Waals surface area contributed by atoms with E-state index in [1.54, 1.807) is 0 Å². The van der Waals surface area contributed by atoms with Gasteiger partial charge in [0.15, 0.2) is 0 Å². The van der Waals surface area contributed by atoms with E-state index in [9.17, 15) is 9.59 Å². The highest BCUT2D eigenvalue weighted by molar-refractivity contribution is 5.94. The summed E-state index contributed by atoms with van der Waals surface area (Å²) in [6.45, 7) is 8.57. The second-order valence-electron chi connectivity index (χ2n) is 7.94. The third kappa shape index (κ3) is 6.00. The summed E-state index contributed by atoms with van der Waals surface area (Å²) in [7, 11) is 0. The predicted octanol–water partition coefficient (Wildman–Crippen LogP) is 4.49. The molecule has 2 aromatic rings. The average molecular weight is 424 g/mol. The van der Waals surface area contributed by atoms with Crippen molar-refractivity contribution in [1.82, 2.24) is 15.5 Å². The van der Waals surface area contributed by atoms with Crippen molar-refractivity contribution in [2.75, 3.05) is 26.2 Å². The number of rotatable bonds is 7. The van der Waals surface area contributed by atoms with Crippen LogP contribution in [0.15, 0.2) is 48.5 Å². The number of benzene rings is 2. The lowest BCUT2D eigenvalue weighted by atomic mass is 9.89. The highest BCUT2D eigenvalue weighted by Gasteiger charge is 2.25. The molecule has 3 amide bonds. The highest BCUT2D eigenvalue weighted by atomic mass is 16.5. The molecular weight excluding hydrogens is 390 g/mol. The van der Waals surface area contributed by atoms with Gasteiger partial charge < -0.3 is 20.3 Å². The molecule has 6 nitrogen and oxygen atoms in total. The van der Waals surface area contributed by atoms with Crippen molar-refractivity contribution < 1.29 is 14.3 Å². The number of hydrogen-bond donors (Lipinski definition) is 2. The van der Waals surface area contributed by atoms with Crippen molar-refractivity contribution >= 4 is 11.9 Å². The van der Waals surface area contributed by atoms with Gasteiger partial charge in [-0.25, -0.2) is 4.79 Å². The minimum Gasteiger partial charge on any atom is -0.494 e. The van der Waals surface area contributed by atoms with Crippen LogP contribution in [0.4, 0.5) is 4.79 Å². The maximum atomic E-state index is 12.9. The molecule has 1 saturated heterocycles. The van der Waals surface area contributed by atoms with E-state index in [0.717, 1.165) is 36.3 Å². The fourth-order valence-electron chi connectivity index (χ4n) is 4.01. The molecule has 2 aromatic carbocycles. The van der Waals surface area contributed by atoms with Gasteiger partial charge in [0.2, 0.25) is 0 Å². The number of piperidine rings is 1. The molecule has 0 aromatic heterocycles. The zero-order valence-corrected chi connectivity index (χ0v) is 18.7. The third-order valence-electron chi connectivity index (χ3n) is 5.70. The normalized spacial score (nSPS) is 17.0. The first-order valence-electron chi connectivity index (χ1n) is 11.2. The van der Waals surface area contributed by atoms with E-state index in [2.05, 4.69) is 16.7 Å². The number of likely N-dealkylation sites (tertiary alicyclic amines) is 1. The molecular formula is C25H33N3O3. The van der Waals surface area contributed by atoms with Gasteiger partial charge in [-0.15, -0.1) is 0 Å². The SMILES string of the molecule is CCNC(=O)N1CCC[C@H](c2cccc(C(=O)N[C@H](C)c3ccc(OCC)cc3)c2)C1. The van der Waals surface area contributed by atoms with Crippen molar-refractivity contribution in [3.63, 3.8) is 0 Å². The van der Waals surface area contributed by atoms with Gasteiger partial charge >= 0.3 is 6.03 Å². The molecule has 2 atom stereocenters. The lowest BCUT2D eigenvalue weighted by Crippen LogP contribution is -2.44. The van der Waals surface area contributed by atoms with Crippen LogP contribution >= 0.6 is 0 Å². The molecule has 1 aliphatic rings. The largest absolute Gasteiger partial charge is 0.494 e. The lowest BCUT2D eigenvalue weighted by molar-refractivity contribution is 0.0939.